The van der Waals surface area contributed by atoms with Crippen LogP contribution in [0.1, 0.15) is 21.5 Å². The minimum absolute atomic E-state index is 0.105. The number of rotatable bonds is 3. The first-order valence-corrected chi connectivity index (χ1v) is 7.09. The van der Waals surface area contributed by atoms with Gasteiger partial charge in [-0.1, -0.05) is 41.4 Å². The van der Waals surface area contributed by atoms with Gasteiger partial charge in [-0.3, -0.25) is 4.79 Å². The normalized spacial score (nSPS) is 10.4. The highest BCUT2D eigenvalue weighted by Crippen LogP contribution is 2.21. The van der Waals surface area contributed by atoms with Crippen LogP contribution in [0.3, 0.4) is 0 Å². The van der Waals surface area contributed by atoms with Crippen LogP contribution >= 0.6 is 24.2 Å². The van der Waals surface area contributed by atoms with Gasteiger partial charge in [0.05, 0.1) is 10.6 Å². The van der Waals surface area contributed by atoms with E-state index in [0.717, 1.165) is 10.5 Å². The Morgan fingerprint density at radius 1 is 1.20 bits per heavy atom. The second kappa shape index (κ2) is 6.33. The first-order valence-electron chi connectivity index (χ1n) is 6.27. The SMILES string of the molecule is Cc1ccc(CN(C)C(=O)c2cc(S)ccc2Cl)cc1. The lowest BCUT2D eigenvalue weighted by Crippen LogP contribution is -2.26. The zero-order valence-corrected chi connectivity index (χ0v) is 13.1. The fourth-order valence-electron chi connectivity index (χ4n) is 1.92. The molecule has 2 nitrogen and oxygen atoms in total. The standard InChI is InChI=1S/C16H16ClNOS/c1-11-3-5-12(6-4-11)10-18(2)16(19)14-9-13(20)7-8-15(14)17/h3-9,20H,10H2,1-2H3. The topological polar surface area (TPSA) is 20.3 Å². The molecule has 2 aromatic rings. The van der Waals surface area contributed by atoms with Crippen molar-refractivity contribution in [2.75, 3.05) is 7.05 Å². The monoisotopic (exact) mass is 305 g/mol. The van der Waals surface area contributed by atoms with Gasteiger partial charge in [0.15, 0.2) is 0 Å². The summed E-state index contributed by atoms with van der Waals surface area (Å²) < 4.78 is 0. The van der Waals surface area contributed by atoms with Crippen molar-refractivity contribution in [1.82, 2.24) is 4.90 Å². The highest BCUT2D eigenvalue weighted by Gasteiger charge is 2.15. The maximum Gasteiger partial charge on any atom is 0.255 e. The maximum absolute atomic E-state index is 12.4. The van der Waals surface area contributed by atoms with Crippen LogP contribution in [-0.4, -0.2) is 17.9 Å². The molecule has 0 atom stereocenters. The number of halogens is 1. The molecular formula is C16H16ClNOS. The molecule has 0 saturated heterocycles. The molecule has 1 amide bonds. The van der Waals surface area contributed by atoms with E-state index in [4.69, 9.17) is 11.6 Å². The van der Waals surface area contributed by atoms with Crippen LogP contribution < -0.4 is 0 Å². The lowest BCUT2D eigenvalue weighted by Gasteiger charge is -2.18. The van der Waals surface area contributed by atoms with Gasteiger partial charge in [0.1, 0.15) is 0 Å². The minimum Gasteiger partial charge on any atom is -0.337 e. The second-order valence-corrected chi connectivity index (χ2v) is 5.73. The first-order chi connectivity index (χ1) is 9.47. The molecule has 0 N–H and O–H groups in total. The molecule has 0 radical (unpaired) electrons. The van der Waals surface area contributed by atoms with E-state index in [1.165, 1.54) is 5.56 Å². The van der Waals surface area contributed by atoms with E-state index in [1.807, 2.05) is 31.2 Å². The lowest BCUT2D eigenvalue weighted by atomic mass is 10.1. The third kappa shape index (κ3) is 3.56. The Labute approximate surface area is 129 Å². The lowest BCUT2D eigenvalue weighted by molar-refractivity contribution is 0.0785. The summed E-state index contributed by atoms with van der Waals surface area (Å²) in [6, 6.07) is 13.3. The van der Waals surface area contributed by atoms with E-state index in [-0.39, 0.29) is 5.91 Å². The van der Waals surface area contributed by atoms with E-state index < -0.39 is 0 Å². The summed E-state index contributed by atoms with van der Waals surface area (Å²) in [5.74, 6) is -0.105. The molecule has 0 aromatic heterocycles. The first kappa shape index (κ1) is 14.9. The quantitative estimate of drug-likeness (QED) is 0.842. The number of carbonyl (C=O) groups excluding carboxylic acids is 1. The average Bonchev–Trinajstić information content (AvgIpc) is 2.43. The smallest absolute Gasteiger partial charge is 0.255 e. The van der Waals surface area contributed by atoms with Gasteiger partial charge in [0.25, 0.3) is 5.91 Å². The largest absolute Gasteiger partial charge is 0.337 e. The predicted octanol–water partition coefficient (Wildman–Crippen LogP) is 4.21. The van der Waals surface area contributed by atoms with E-state index in [1.54, 1.807) is 30.1 Å². The molecule has 2 aromatic carbocycles. The average molecular weight is 306 g/mol. The van der Waals surface area contributed by atoms with Gasteiger partial charge in [0, 0.05) is 18.5 Å². The molecule has 0 aliphatic carbocycles. The minimum atomic E-state index is -0.105. The fourth-order valence-corrected chi connectivity index (χ4v) is 2.32. The number of benzene rings is 2. The third-order valence-corrected chi connectivity index (χ3v) is 3.68. The number of nitrogens with zero attached hydrogens (tertiary/aromatic N) is 1. The summed E-state index contributed by atoms with van der Waals surface area (Å²) in [7, 11) is 1.77. The maximum atomic E-state index is 12.4. The van der Waals surface area contributed by atoms with E-state index >= 15 is 0 Å². The van der Waals surface area contributed by atoms with Gasteiger partial charge in [-0.2, -0.15) is 0 Å². The Kier molecular flexibility index (Phi) is 4.73. The van der Waals surface area contributed by atoms with Crippen LogP contribution in [0.25, 0.3) is 0 Å². The van der Waals surface area contributed by atoms with Crippen LogP contribution in [0.5, 0.6) is 0 Å². The summed E-state index contributed by atoms with van der Waals surface area (Å²) >= 11 is 10.3. The highest BCUT2D eigenvalue weighted by molar-refractivity contribution is 7.80. The molecular weight excluding hydrogens is 290 g/mol. The van der Waals surface area contributed by atoms with E-state index in [0.29, 0.717) is 17.1 Å². The molecule has 20 heavy (non-hydrogen) atoms. The summed E-state index contributed by atoms with van der Waals surface area (Å²) in [5, 5.41) is 0.448. The Morgan fingerprint density at radius 3 is 2.50 bits per heavy atom. The van der Waals surface area contributed by atoms with Crippen molar-refractivity contribution in [3.63, 3.8) is 0 Å². The number of thiol groups is 1. The van der Waals surface area contributed by atoms with Gasteiger partial charge >= 0.3 is 0 Å². The van der Waals surface area contributed by atoms with Crippen LogP contribution in [0.15, 0.2) is 47.4 Å². The Hall–Kier alpha value is -1.45. The van der Waals surface area contributed by atoms with Crippen molar-refractivity contribution >= 4 is 30.1 Å². The van der Waals surface area contributed by atoms with Gasteiger partial charge in [0.2, 0.25) is 0 Å². The van der Waals surface area contributed by atoms with Gasteiger partial charge in [-0.15, -0.1) is 12.6 Å². The Balaban J connectivity index is 2.16. The van der Waals surface area contributed by atoms with Crippen LogP contribution in [0.4, 0.5) is 0 Å². The molecule has 0 aliphatic rings. The molecule has 104 valence electrons. The molecule has 0 bridgehead atoms. The van der Waals surface area contributed by atoms with Gasteiger partial charge in [-0.25, -0.2) is 0 Å². The second-order valence-electron chi connectivity index (χ2n) is 4.81. The summed E-state index contributed by atoms with van der Waals surface area (Å²) in [5.41, 5.74) is 2.77. The molecule has 0 heterocycles. The molecule has 0 fully saturated rings. The number of carbonyl (C=O) groups is 1. The fraction of sp³-hybridized carbons (Fsp3) is 0.188. The zero-order chi connectivity index (χ0) is 14.7. The molecule has 0 unspecified atom stereocenters. The van der Waals surface area contributed by atoms with Gasteiger partial charge < -0.3 is 4.90 Å². The molecule has 4 heteroatoms. The van der Waals surface area contributed by atoms with Crippen molar-refractivity contribution in [2.24, 2.45) is 0 Å². The van der Waals surface area contributed by atoms with Crippen molar-refractivity contribution in [3.8, 4) is 0 Å². The van der Waals surface area contributed by atoms with Crippen LogP contribution in [0, 0.1) is 6.92 Å². The molecule has 2 rings (SSSR count). The predicted molar refractivity (Wildman–Crippen MR) is 85.7 cm³/mol. The zero-order valence-electron chi connectivity index (χ0n) is 11.4. The van der Waals surface area contributed by atoms with Crippen molar-refractivity contribution in [2.45, 2.75) is 18.4 Å². The number of aryl methyl sites for hydroxylation is 1. The number of amides is 1. The molecule has 0 spiro atoms. The molecule has 0 saturated carbocycles. The summed E-state index contributed by atoms with van der Waals surface area (Å²) in [6.07, 6.45) is 0. The Morgan fingerprint density at radius 2 is 1.85 bits per heavy atom. The summed E-state index contributed by atoms with van der Waals surface area (Å²) in [4.78, 5) is 14.8. The van der Waals surface area contributed by atoms with Crippen LogP contribution in [0.2, 0.25) is 5.02 Å². The van der Waals surface area contributed by atoms with Crippen molar-refractivity contribution in [3.05, 3.63) is 64.2 Å². The van der Waals surface area contributed by atoms with Crippen molar-refractivity contribution in [1.29, 1.82) is 0 Å². The van der Waals surface area contributed by atoms with Crippen molar-refractivity contribution < 1.29 is 4.79 Å². The number of hydrogen-bond acceptors (Lipinski definition) is 2. The van der Waals surface area contributed by atoms with E-state index in [2.05, 4.69) is 12.6 Å². The highest BCUT2D eigenvalue weighted by atomic mass is 35.5. The third-order valence-electron chi connectivity index (χ3n) is 3.07. The molecule has 0 aliphatic heterocycles. The van der Waals surface area contributed by atoms with E-state index in [9.17, 15) is 4.79 Å². The summed E-state index contributed by atoms with van der Waals surface area (Å²) in [6.45, 7) is 2.59. The number of hydrogen-bond donors (Lipinski definition) is 1. The van der Waals surface area contributed by atoms with Crippen LogP contribution in [-0.2, 0) is 6.54 Å². The Bertz CT molecular complexity index is 625. The van der Waals surface area contributed by atoms with Gasteiger partial charge in [-0.05, 0) is 30.7 Å².